The van der Waals surface area contributed by atoms with Gasteiger partial charge in [0.1, 0.15) is 25.2 Å². The van der Waals surface area contributed by atoms with E-state index >= 15 is 0 Å². The molecule has 0 bridgehead atoms. The summed E-state index contributed by atoms with van der Waals surface area (Å²) in [5.41, 5.74) is 0.435. The molecular formula is C17H19N3O5. The number of hydrogen-bond donors (Lipinski definition) is 1. The van der Waals surface area contributed by atoms with Crippen LogP contribution < -0.4 is 10.1 Å². The second kappa shape index (κ2) is 8.18. The van der Waals surface area contributed by atoms with Crippen LogP contribution in [0.1, 0.15) is 36.0 Å². The van der Waals surface area contributed by atoms with Gasteiger partial charge in [-0.15, -0.1) is 5.10 Å². The first-order valence-electron chi connectivity index (χ1n) is 8.09. The van der Waals surface area contributed by atoms with E-state index in [0.717, 1.165) is 12.8 Å². The monoisotopic (exact) mass is 345 g/mol. The van der Waals surface area contributed by atoms with Crippen LogP contribution in [0.15, 0.2) is 34.9 Å². The zero-order valence-electron chi connectivity index (χ0n) is 13.9. The molecule has 1 aromatic heterocycles. The number of carbonyl (C=O) groups excluding carboxylic acids is 1. The van der Waals surface area contributed by atoms with Gasteiger partial charge in [0.25, 0.3) is 11.8 Å². The fourth-order valence-corrected chi connectivity index (χ4v) is 2.08. The van der Waals surface area contributed by atoms with Crippen LogP contribution in [0.3, 0.4) is 0 Å². The third-order valence-corrected chi connectivity index (χ3v) is 3.37. The van der Waals surface area contributed by atoms with Crippen LogP contribution in [0.5, 0.6) is 5.75 Å². The van der Waals surface area contributed by atoms with Crippen LogP contribution >= 0.6 is 0 Å². The number of anilines is 1. The molecule has 0 saturated heterocycles. The van der Waals surface area contributed by atoms with Gasteiger partial charge in [0.15, 0.2) is 0 Å². The molecule has 2 heterocycles. The van der Waals surface area contributed by atoms with Crippen LogP contribution in [0, 0.1) is 0 Å². The van der Waals surface area contributed by atoms with Gasteiger partial charge in [-0.05, 0) is 24.6 Å². The maximum absolute atomic E-state index is 12.3. The first-order valence-corrected chi connectivity index (χ1v) is 8.09. The molecule has 0 aliphatic carbocycles. The normalized spacial score (nSPS) is 13.4. The lowest BCUT2D eigenvalue weighted by atomic mass is 10.2. The molecule has 0 spiro atoms. The molecule has 0 atom stereocenters. The zero-order chi connectivity index (χ0) is 17.5. The second-order valence-corrected chi connectivity index (χ2v) is 5.30. The number of hydrogen-bond acceptors (Lipinski definition) is 7. The van der Waals surface area contributed by atoms with Crippen LogP contribution in [-0.4, -0.2) is 35.9 Å². The van der Waals surface area contributed by atoms with E-state index in [2.05, 4.69) is 22.4 Å². The molecule has 8 nitrogen and oxygen atoms in total. The Morgan fingerprint density at radius 1 is 1.32 bits per heavy atom. The highest BCUT2D eigenvalue weighted by Crippen LogP contribution is 2.20. The quantitative estimate of drug-likeness (QED) is 0.771. The minimum absolute atomic E-state index is 0.0209. The minimum Gasteiger partial charge on any atom is -0.494 e. The number of nitrogens with zero attached hydrogens (tertiary/aromatic N) is 2. The number of rotatable bonds is 7. The van der Waals surface area contributed by atoms with Gasteiger partial charge in [0.2, 0.25) is 5.76 Å². The summed E-state index contributed by atoms with van der Waals surface area (Å²) in [6, 6.07) is 6.90. The van der Waals surface area contributed by atoms with Gasteiger partial charge in [0, 0.05) is 5.56 Å². The van der Waals surface area contributed by atoms with Crippen LogP contribution in [0.2, 0.25) is 0 Å². The number of aromatic nitrogens is 2. The van der Waals surface area contributed by atoms with E-state index in [1.165, 1.54) is 6.26 Å². The molecule has 0 fully saturated rings. The van der Waals surface area contributed by atoms with Crippen molar-refractivity contribution in [2.24, 2.45) is 0 Å². The lowest BCUT2D eigenvalue weighted by Gasteiger charge is -2.11. The predicted octanol–water partition coefficient (Wildman–Crippen LogP) is 2.85. The van der Waals surface area contributed by atoms with Crippen molar-refractivity contribution in [1.82, 2.24) is 10.2 Å². The standard InChI is InChI=1S/C17H19N3O5/c1-2-3-7-23-13-6-4-5-12(10-13)15(21)18-17-20-19-16(25-17)14-11-22-8-9-24-14/h4-6,10-11H,2-3,7-9H2,1H3,(H,18,20,21). The summed E-state index contributed by atoms with van der Waals surface area (Å²) in [4.78, 5) is 12.3. The van der Waals surface area contributed by atoms with Crippen molar-refractivity contribution >= 4 is 17.7 Å². The maximum atomic E-state index is 12.3. The molecule has 8 heteroatoms. The first kappa shape index (κ1) is 16.8. The Bertz CT molecular complexity index is 756. The number of unbranched alkanes of at least 4 members (excludes halogenated alkanes) is 1. The van der Waals surface area contributed by atoms with Gasteiger partial charge in [-0.2, -0.15) is 0 Å². The molecule has 0 radical (unpaired) electrons. The minimum atomic E-state index is -0.370. The summed E-state index contributed by atoms with van der Waals surface area (Å²) in [6.45, 7) is 3.58. The molecule has 1 aromatic carbocycles. The number of nitrogens with one attached hydrogen (secondary N) is 1. The largest absolute Gasteiger partial charge is 0.494 e. The molecule has 3 rings (SSSR count). The number of ether oxygens (including phenoxy) is 3. The Kier molecular flexibility index (Phi) is 5.50. The van der Waals surface area contributed by atoms with Crippen molar-refractivity contribution in [3.8, 4) is 5.75 Å². The van der Waals surface area contributed by atoms with Gasteiger partial charge in [-0.1, -0.05) is 24.5 Å². The zero-order valence-corrected chi connectivity index (χ0v) is 13.9. The smallest absolute Gasteiger partial charge is 0.322 e. The lowest BCUT2D eigenvalue weighted by molar-refractivity contribution is 0.102. The third kappa shape index (κ3) is 4.50. The van der Waals surface area contributed by atoms with Crippen molar-refractivity contribution < 1.29 is 23.4 Å². The summed E-state index contributed by atoms with van der Waals surface area (Å²) in [5, 5.41) is 10.2. The fraction of sp³-hybridized carbons (Fsp3) is 0.353. The average molecular weight is 345 g/mol. The summed E-state index contributed by atoms with van der Waals surface area (Å²) in [5.74, 6) is 0.758. The van der Waals surface area contributed by atoms with E-state index in [4.69, 9.17) is 18.6 Å². The van der Waals surface area contributed by atoms with E-state index in [-0.39, 0.29) is 17.8 Å². The number of benzene rings is 1. The van der Waals surface area contributed by atoms with Gasteiger partial charge in [-0.3, -0.25) is 10.1 Å². The molecular weight excluding hydrogens is 326 g/mol. The van der Waals surface area contributed by atoms with E-state index < -0.39 is 0 Å². The number of amides is 1. The Morgan fingerprint density at radius 3 is 3.04 bits per heavy atom. The van der Waals surface area contributed by atoms with Gasteiger partial charge < -0.3 is 18.6 Å². The Hall–Kier alpha value is -3.03. The summed E-state index contributed by atoms with van der Waals surface area (Å²) >= 11 is 0. The van der Waals surface area contributed by atoms with Crippen LogP contribution in [0.25, 0.3) is 5.76 Å². The molecule has 0 saturated carbocycles. The molecule has 0 unspecified atom stereocenters. The summed E-state index contributed by atoms with van der Waals surface area (Å²) in [6.07, 6.45) is 3.41. The fourth-order valence-electron chi connectivity index (χ4n) is 2.08. The second-order valence-electron chi connectivity index (χ2n) is 5.30. The van der Waals surface area contributed by atoms with Crippen molar-refractivity contribution in [2.75, 3.05) is 25.1 Å². The van der Waals surface area contributed by atoms with Crippen molar-refractivity contribution in [2.45, 2.75) is 19.8 Å². The average Bonchev–Trinajstić information content (AvgIpc) is 3.11. The van der Waals surface area contributed by atoms with E-state index in [1.807, 2.05) is 6.07 Å². The highest BCUT2D eigenvalue weighted by atomic mass is 16.6. The van der Waals surface area contributed by atoms with Crippen molar-refractivity contribution in [3.05, 3.63) is 42.0 Å². The Balaban J connectivity index is 1.63. The number of carbonyl (C=O) groups is 1. The third-order valence-electron chi connectivity index (χ3n) is 3.37. The van der Waals surface area contributed by atoms with E-state index in [9.17, 15) is 4.79 Å². The molecule has 1 N–H and O–H groups in total. The molecule has 1 amide bonds. The summed E-state index contributed by atoms with van der Waals surface area (Å²) in [7, 11) is 0. The maximum Gasteiger partial charge on any atom is 0.322 e. The van der Waals surface area contributed by atoms with Gasteiger partial charge in [-0.25, -0.2) is 0 Å². The first-order chi connectivity index (χ1) is 12.3. The lowest BCUT2D eigenvalue weighted by Crippen LogP contribution is -2.12. The Labute approximate surface area is 144 Å². The predicted molar refractivity (Wildman–Crippen MR) is 89.0 cm³/mol. The van der Waals surface area contributed by atoms with Crippen molar-refractivity contribution in [1.29, 1.82) is 0 Å². The Morgan fingerprint density at radius 2 is 2.24 bits per heavy atom. The SMILES string of the molecule is CCCCOc1cccc(C(=O)Nc2nnc(C3=COCCO3)o2)c1. The molecule has 1 aliphatic rings. The van der Waals surface area contributed by atoms with Crippen LogP contribution in [0.4, 0.5) is 6.01 Å². The topological polar surface area (TPSA) is 95.7 Å². The van der Waals surface area contributed by atoms with Gasteiger partial charge >= 0.3 is 6.01 Å². The molecule has 132 valence electrons. The molecule has 25 heavy (non-hydrogen) atoms. The van der Waals surface area contributed by atoms with Gasteiger partial charge in [0.05, 0.1) is 6.61 Å². The van der Waals surface area contributed by atoms with Crippen molar-refractivity contribution in [3.63, 3.8) is 0 Å². The van der Waals surface area contributed by atoms with E-state index in [1.54, 1.807) is 18.2 Å². The summed E-state index contributed by atoms with van der Waals surface area (Å²) < 4.78 is 21.4. The highest BCUT2D eigenvalue weighted by Gasteiger charge is 2.17. The molecule has 2 aromatic rings. The van der Waals surface area contributed by atoms with Crippen LogP contribution in [-0.2, 0) is 9.47 Å². The molecule has 1 aliphatic heterocycles. The highest BCUT2D eigenvalue weighted by molar-refractivity contribution is 6.03. The van der Waals surface area contributed by atoms with E-state index in [0.29, 0.717) is 36.9 Å².